The van der Waals surface area contributed by atoms with Crippen LogP contribution in [0, 0.1) is 0 Å². The fourth-order valence-electron chi connectivity index (χ4n) is 1.90. The quantitative estimate of drug-likeness (QED) is 0.724. The number of nitrogens with one attached hydrogen (secondary N) is 2. The monoisotopic (exact) mass is 355 g/mol. The Balaban J connectivity index is 2.43. The molecular formula is C13H18N5O5P. The second-order valence-electron chi connectivity index (χ2n) is 4.59. The van der Waals surface area contributed by atoms with Gasteiger partial charge in [0.2, 0.25) is 11.9 Å². The normalized spacial score (nSPS) is 12.1. The average Bonchev–Trinajstić information content (AvgIpc) is 2.89. The highest BCUT2D eigenvalue weighted by molar-refractivity contribution is 7.57. The third-order valence-corrected chi connectivity index (χ3v) is 4.49. The summed E-state index contributed by atoms with van der Waals surface area (Å²) in [6.07, 6.45) is 2.73. The molecule has 11 heteroatoms. The van der Waals surface area contributed by atoms with E-state index in [2.05, 4.69) is 20.3 Å². The minimum Gasteiger partial charge on any atom is -0.306 e. The molecule has 2 N–H and O–H groups in total. The molecular weight excluding hydrogens is 337 g/mol. The maximum Gasteiger partial charge on any atom is 0.355 e. The van der Waals surface area contributed by atoms with Gasteiger partial charge in [0, 0.05) is 18.9 Å². The third kappa shape index (κ3) is 4.16. The molecule has 0 spiro atoms. The van der Waals surface area contributed by atoms with Gasteiger partial charge in [-0.15, -0.1) is 0 Å². The lowest BCUT2D eigenvalue weighted by Crippen LogP contribution is -2.16. The van der Waals surface area contributed by atoms with E-state index in [1.165, 1.54) is 29.8 Å². The SMILES string of the molecule is CCOP(=O)(/C=C/n1cnc2c(=O)[nH]c(NC(C)=O)nc21)OCC. The van der Waals surface area contributed by atoms with Gasteiger partial charge < -0.3 is 9.05 Å². The lowest BCUT2D eigenvalue weighted by Gasteiger charge is -2.12. The molecule has 24 heavy (non-hydrogen) atoms. The molecule has 0 fully saturated rings. The number of imidazole rings is 1. The molecule has 0 saturated carbocycles. The van der Waals surface area contributed by atoms with Crippen LogP contribution >= 0.6 is 7.60 Å². The zero-order valence-electron chi connectivity index (χ0n) is 13.5. The fraction of sp³-hybridized carbons (Fsp3) is 0.385. The summed E-state index contributed by atoms with van der Waals surface area (Å²) in [4.78, 5) is 33.5. The van der Waals surface area contributed by atoms with Gasteiger partial charge in [0.05, 0.1) is 13.2 Å². The first-order valence-electron chi connectivity index (χ1n) is 7.21. The van der Waals surface area contributed by atoms with Gasteiger partial charge in [0.25, 0.3) is 5.56 Å². The van der Waals surface area contributed by atoms with Crippen molar-refractivity contribution in [1.29, 1.82) is 0 Å². The zero-order valence-corrected chi connectivity index (χ0v) is 14.4. The number of nitrogens with zero attached hydrogens (tertiary/aromatic N) is 3. The second kappa shape index (κ2) is 7.52. The molecule has 130 valence electrons. The van der Waals surface area contributed by atoms with Gasteiger partial charge in [-0.1, -0.05) is 0 Å². The molecule has 0 radical (unpaired) electrons. The number of amides is 1. The molecule has 0 unspecified atom stereocenters. The van der Waals surface area contributed by atoms with Crippen molar-refractivity contribution in [3.8, 4) is 0 Å². The number of aromatic nitrogens is 4. The average molecular weight is 355 g/mol. The molecule has 0 bridgehead atoms. The predicted molar refractivity (Wildman–Crippen MR) is 88.6 cm³/mol. The van der Waals surface area contributed by atoms with Crippen molar-refractivity contribution in [3.63, 3.8) is 0 Å². The topological polar surface area (TPSA) is 128 Å². The maximum absolute atomic E-state index is 12.4. The molecule has 10 nitrogen and oxygen atoms in total. The summed E-state index contributed by atoms with van der Waals surface area (Å²) in [6.45, 7) is 5.13. The van der Waals surface area contributed by atoms with Gasteiger partial charge in [-0.05, 0) is 13.8 Å². The molecule has 0 aromatic carbocycles. The van der Waals surface area contributed by atoms with Gasteiger partial charge in [-0.25, -0.2) is 4.98 Å². The van der Waals surface area contributed by atoms with Crippen LogP contribution in [0.4, 0.5) is 5.95 Å². The minimum absolute atomic E-state index is 0.00653. The highest BCUT2D eigenvalue weighted by Gasteiger charge is 2.19. The van der Waals surface area contributed by atoms with Crippen molar-refractivity contribution < 1.29 is 18.4 Å². The molecule has 2 heterocycles. The van der Waals surface area contributed by atoms with E-state index in [1.54, 1.807) is 13.8 Å². The maximum atomic E-state index is 12.4. The summed E-state index contributed by atoms with van der Waals surface area (Å²) >= 11 is 0. The van der Waals surface area contributed by atoms with Crippen LogP contribution in [0.2, 0.25) is 0 Å². The summed E-state index contributed by atoms with van der Waals surface area (Å²) in [5.74, 6) is 0.881. The third-order valence-electron chi connectivity index (χ3n) is 2.75. The summed E-state index contributed by atoms with van der Waals surface area (Å²) < 4.78 is 24.1. The first-order valence-corrected chi connectivity index (χ1v) is 8.82. The number of carbonyl (C=O) groups excluding carboxylic acids is 1. The molecule has 2 rings (SSSR count). The molecule has 2 aromatic rings. The van der Waals surface area contributed by atoms with Crippen molar-refractivity contribution in [1.82, 2.24) is 19.5 Å². The number of aromatic amines is 1. The lowest BCUT2D eigenvalue weighted by molar-refractivity contribution is -0.114. The highest BCUT2D eigenvalue weighted by atomic mass is 31.2. The molecule has 0 saturated heterocycles. The fourth-order valence-corrected chi connectivity index (χ4v) is 3.17. The number of H-pyrrole nitrogens is 1. The van der Waals surface area contributed by atoms with Crippen LogP contribution in [0.25, 0.3) is 17.4 Å². The molecule has 0 aliphatic carbocycles. The van der Waals surface area contributed by atoms with Crippen LogP contribution < -0.4 is 10.9 Å². The van der Waals surface area contributed by atoms with E-state index < -0.39 is 13.2 Å². The van der Waals surface area contributed by atoms with Gasteiger partial charge in [0.15, 0.2) is 11.2 Å². The van der Waals surface area contributed by atoms with Crippen LogP contribution in [0.3, 0.4) is 0 Å². The number of rotatable bonds is 7. The Morgan fingerprint density at radius 3 is 2.67 bits per heavy atom. The van der Waals surface area contributed by atoms with Crippen LogP contribution in [0.1, 0.15) is 20.8 Å². The molecule has 2 aromatic heterocycles. The van der Waals surface area contributed by atoms with E-state index in [4.69, 9.17) is 9.05 Å². The molecule has 0 atom stereocenters. The number of fused-ring (bicyclic) bond motifs is 1. The number of hydrogen-bond donors (Lipinski definition) is 2. The van der Waals surface area contributed by atoms with Crippen molar-refractivity contribution >= 4 is 36.8 Å². The largest absolute Gasteiger partial charge is 0.355 e. The number of hydrogen-bond acceptors (Lipinski definition) is 7. The van der Waals surface area contributed by atoms with Gasteiger partial charge in [0.1, 0.15) is 6.33 Å². The van der Waals surface area contributed by atoms with Crippen LogP contribution in [-0.4, -0.2) is 38.6 Å². The molecule has 0 aliphatic heterocycles. The van der Waals surface area contributed by atoms with Crippen LogP contribution in [0.5, 0.6) is 0 Å². The van der Waals surface area contributed by atoms with Gasteiger partial charge in [-0.2, -0.15) is 4.98 Å². The summed E-state index contributed by atoms with van der Waals surface area (Å²) in [7, 11) is -3.40. The first-order chi connectivity index (χ1) is 11.4. The summed E-state index contributed by atoms with van der Waals surface area (Å²) in [5.41, 5.74) is -0.233. The minimum atomic E-state index is -3.40. The Morgan fingerprint density at radius 2 is 2.08 bits per heavy atom. The Hall–Kier alpha value is -2.29. The van der Waals surface area contributed by atoms with E-state index in [9.17, 15) is 14.2 Å². The number of anilines is 1. The Morgan fingerprint density at radius 1 is 1.42 bits per heavy atom. The molecule has 1 amide bonds. The van der Waals surface area contributed by atoms with E-state index in [1.807, 2.05) is 0 Å². The van der Waals surface area contributed by atoms with E-state index >= 15 is 0 Å². The van der Waals surface area contributed by atoms with E-state index in [-0.39, 0.29) is 36.2 Å². The zero-order chi connectivity index (χ0) is 17.7. The van der Waals surface area contributed by atoms with E-state index in [0.717, 1.165) is 0 Å². The first kappa shape index (κ1) is 18.1. The smallest absolute Gasteiger partial charge is 0.306 e. The summed E-state index contributed by atoms with van der Waals surface area (Å²) in [6, 6.07) is 0. The lowest BCUT2D eigenvalue weighted by atomic mass is 10.5. The predicted octanol–water partition coefficient (Wildman–Crippen LogP) is 1.77. The summed E-state index contributed by atoms with van der Waals surface area (Å²) in [5, 5.41) is 2.39. The molecule has 0 aliphatic rings. The van der Waals surface area contributed by atoms with Gasteiger partial charge >= 0.3 is 7.60 Å². The van der Waals surface area contributed by atoms with Crippen molar-refractivity contribution in [2.75, 3.05) is 18.5 Å². The second-order valence-corrected chi connectivity index (χ2v) is 6.49. The Kier molecular flexibility index (Phi) is 5.66. The Bertz CT molecular complexity index is 861. The van der Waals surface area contributed by atoms with E-state index in [0.29, 0.717) is 0 Å². The number of carbonyl (C=O) groups is 1. The van der Waals surface area contributed by atoms with Crippen molar-refractivity contribution in [3.05, 3.63) is 22.5 Å². The van der Waals surface area contributed by atoms with Crippen molar-refractivity contribution in [2.45, 2.75) is 20.8 Å². The highest BCUT2D eigenvalue weighted by Crippen LogP contribution is 2.49. The van der Waals surface area contributed by atoms with Crippen molar-refractivity contribution in [2.24, 2.45) is 0 Å². The Labute approximate surface area is 137 Å². The van der Waals surface area contributed by atoms with Gasteiger partial charge in [-0.3, -0.25) is 29.0 Å². The van der Waals surface area contributed by atoms with Crippen LogP contribution in [-0.2, 0) is 18.4 Å². The standard InChI is InChI=1S/C13H18N5O5P/c1-4-22-24(21,23-5-2)7-6-18-8-14-10-11(18)16-13(15-9(3)19)17-12(10)20/h6-8H,4-5H2,1-3H3,(H2,15,16,17,19,20)/b7-6+. The van der Waals surface area contributed by atoms with Crippen LogP contribution in [0.15, 0.2) is 16.9 Å².